The highest BCUT2D eigenvalue weighted by molar-refractivity contribution is 6.29. The molecular formula is C16H19ClN4. The van der Waals surface area contributed by atoms with Gasteiger partial charge >= 0.3 is 0 Å². The highest BCUT2D eigenvalue weighted by Gasteiger charge is 2.19. The first-order valence-corrected chi connectivity index (χ1v) is 7.68. The molecule has 21 heavy (non-hydrogen) atoms. The molecule has 0 aliphatic carbocycles. The van der Waals surface area contributed by atoms with Crippen LogP contribution in [0.3, 0.4) is 0 Å². The lowest BCUT2D eigenvalue weighted by Gasteiger charge is -2.32. The molecule has 4 nitrogen and oxygen atoms in total. The number of nitrogens with one attached hydrogen (secondary N) is 1. The summed E-state index contributed by atoms with van der Waals surface area (Å²) >= 11 is 5.88. The van der Waals surface area contributed by atoms with Gasteiger partial charge in [-0.05, 0) is 18.4 Å². The maximum atomic E-state index is 5.88. The highest BCUT2D eigenvalue weighted by Crippen LogP contribution is 2.18. The Morgan fingerprint density at radius 3 is 2.62 bits per heavy atom. The maximum absolute atomic E-state index is 5.88. The summed E-state index contributed by atoms with van der Waals surface area (Å²) in [5.74, 6) is 0.816. The van der Waals surface area contributed by atoms with Crippen molar-refractivity contribution < 1.29 is 0 Å². The van der Waals surface area contributed by atoms with E-state index < -0.39 is 0 Å². The van der Waals surface area contributed by atoms with Gasteiger partial charge in [-0.25, -0.2) is 9.97 Å². The van der Waals surface area contributed by atoms with Crippen LogP contribution in [-0.4, -0.2) is 34.0 Å². The van der Waals surface area contributed by atoms with Crippen LogP contribution in [-0.2, 0) is 6.54 Å². The fourth-order valence-electron chi connectivity index (χ4n) is 2.70. The minimum absolute atomic E-state index is 0.461. The lowest BCUT2D eigenvalue weighted by Crippen LogP contribution is -2.38. The van der Waals surface area contributed by atoms with Gasteiger partial charge in [0.25, 0.3) is 0 Å². The molecule has 1 aliphatic heterocycles. The Morgan fingerprint density at radius 1 is 1.14 bits per heavy atom. The number of rotatable bonds is 4. The van der Waals surface area contributed by atoms with Crippen LogP contribution in [0.25, 0.3) is 0 Å². The topological polar surface area (TPSA) is 41.0 Å². The largest absolute Gasteiger partial charge is 0.367 e. The maximum Gasteiger partial charge on any atom is 0.134 e. The molecular weight excluding hydrogens is 284 g/mol. The normalized spacial score (nSPS) is 16.8. The summed E-state index contributed by atoms with van der Waals surface area (Å²) in [5, 5.41) is 3.92. The van der Waals surface area contributed by atoms with Crippen LogP contribution in [0.1, 0.15) is 18.4 Å². The van der Waals surface area contributed by atoms with E-state index in [1.54, 1.807) is 6.07 Å². The monoisotopic (exact) mass is 302 g/mol. The van der Waals surface area contributed by atoms with Gasteiger partial charge in [0, 0.05) is 31.7 Å². The van der Waals surface area contributed by atoms with Gasteiger partial charge < -0.3 is 5.32 Å². The van der Waals surface area contributed by atoms with Crippen LogP contribution < -0.4 is 5.32 Å². The lowest BCUT2D eigenvalue weighted by molar-refractivity contribution is 0.211. The number of anilines is 1. The first-order valence-electron chi connectivity index (χ1n) is 7.30. The van der Waals surface area contributed by atoms with E-state index in [1.165, 1.54) is 11.9 Å². The van der Waals surface area contributed by atoms with Crippen molar-refractivity contribution in [1.82, 2.24) is 14.9 Å². The summed E-state index contributed by atoms with van der Waals surface area (Å²) in [6.45, 7) is 3.24. The molecule has 1 aliphatic rings. The van der Waals surface area contributed by atoms with E-state index >= 15 is 0 Å². The third-order valence-corrected chi connectivity index (χ3v) is 4.03. The molecule has 2 aromatic rings. The van der Waals surface area contributed by atoms with Crippen LogP contribution in [0.2, 0.25) is 5.15 Å². The summed E-state index contributed by atoms with van der Waals surface area (Å²) in [6.07, 6.45) is 3.73. The molecule has 5 heteroatoms. The predicted molar refractivity (Wildman–Crippen MR) is 85.4 cm³/mol. The Kier molecular flexibility index (Phi) is 4.68. The lowest BCUT2D eigenvalue weighted by atomic mass is 10.0. The molecule has 0 atom stereocenters. The molecule has 0 amide bonds. The van der Waals surface area contributed by atoms with Gasteiger partial charge in [-0.2, -0.15) is 0 Å². The quantitative estimate of drug-likeness (QED) is 0.881. The van der Waals surface area contributed by atoms with Gasteiger partial charge in [0.2, 0.25) is 0 Å². The number of likely N-dealkylation sites (tertiary alicyclic amines) is 1. The van der Waals surface area contributed by atoms with E-state index in [0.717, 1.165) is 38.3 Å². The van der Waals surface area contributed by atoms with E-state index in [2.05, 4.69) is 50.5 Å². The van der Waals surface area contributed by atoms with Crippen LogP contribution in [0.15, 0.2) is 42.7 Å². The first-order chi connectivity index (χ1) is 10.3. The Labute approximate surface area is 130 Å². The fourth-order valence-corrected chi connectivity index (χ4v) is 2.85. The van der Waals surface area contributed by atoms with Crippen LogP contribution in [0.5, 0.6) is 0 Å². The van der Waals surface area contributed by atoms with Crippen molar-refractivity contribution in [3.05, 3.63) is 53.4 Å². The number of halogens is 1. The molecule has 3 rings (SSSR count). The summed E-state index contributed by atoms with van der Waals surface area (Å²) < 4.78 is 0. The second-order valence-corrected chi connectivity index (χ2v) is 5.79. The molecule has 0 saturated carbocycles. The molecule has 2 heterocycles. The van der Waals surface area contributed by atoms with E-state index in [9.17, 15) is 0 Å². The zero-order valence-corrected chi connectivity index (χ0v) is 12.6. The van der Waals surface area contributed by atoms with Crippen molar-refractivity contribution in [3.63, 3.8) is 0 Å². The summed E-state index contributed by atoms with van der Waals surface area (Å²) in [6, 6.07) is 12.9. The molecule has 110 valence electrons. The Bertz CT molecular complexity index is 567. The zero-order chi connectivity index (χ0) is 14.5. The second-order valence-electron chi connectivity index (χ2n) is 5.41. The molecule has 0 unspecified atom stereocenters. The van der Waals surface area contributed by atoms with Crippen LogP contribution >= 0.6 is 11.6 Å². The van der Waals surface area contributed by atoms with Gasteiger partial charge in [0.15, 0.2) is 0 Å². The number of piperidine rings is 1. The number of benzene rings is 1. The molecule has 1 aromatic carbocycles. The Balaban J connectivity index is 1.49. The molecule has 0 radical (unpaired) electrons. The second kappa shape index (κ2) is 6.87. The van der Waals surface area contributed by atoms with E-state index in [-0.39, 0.29) is 0 Å². The number of hydrogen-bond acceptors (Lipinski definition) is 4. The van der Waals surface area contributed by atoms with Gasteiger partial charge in [-0.1, -0.05) is 41.9 Å². The third-order valence-electron chi connectivity index (χ3n) is 3.82. The standard InChI is InChI=1S/C16H19ClN4/c17-15-10-16(19-12-18-15)20-14-6-8-21(9-7-14)11-13-4-2-1-3-5-13/h1-5,10,12,14H,6-9,11H2,(H,18,19,20). The minimum atomic E-state index is 0.461. The average molecular weight is 303 g/mol. The molecule has 0 bridgehead atoms. The number of hydrogen-bond donors (Lipinski definition) is 1. The van der Waals surface area contributed by atoms with Crippen molar-refractivity contribution in [2.24, 2.45) is 0 Å². The molecule has 1 N–H and O–H groups in total. The SMILES string of the molecule is Clc1cc(NC2CCN(Cc3ccccc3)CC2)ncn1. The Hall–Kier alpha value is -1.65. The van der Waals surface area contributed by atoms with E-state index in [4.69, 9.17) is 11.6 Å². The number of aromatic nitrogens is 2. The Morgan fingerprint density at radius 2 is 1.90 bits per heavy atom. The van der Waals surface area contributed by atoms with Gasteiger partial charge in [0.1, 0.15) is 17.3 Å². The van der Waals surface area contributed by atoms with Gasteiger partial charge in [0.05, 0.1) is 0 Å². The minimum Gasteiger partial charge on any atom is -0.367 e. The summed E-state index contributed by atoms with van der Waals surface area (Å²) in [4.78, 5) is 10.6. The van der Waals surface area contributed by atoms with Crippen molar-refractivity contribution in [1.29, 1.82) is 0 Å². The van der Waals surface area contributed by atoms with E-state index in [1.807, 2.05) is 0 Å². The molecule has 1 fully saturated rings. The molecule has 1 aromatic heterocycles. The predicted octanol–water partition coefficient (Wildman–Crippen LogP) is 3.21. The van der Waals surface area contributed by atoms with Gasteiger partial charge in [-0.3, -0.25) is 4.90 Å². The average Bonchev–Trinajstić information content (AvgIpc) is 2.50. The molecule has 1 saturated heterocycles. The zero-order valence-electron chi connectivity index (χ0n) is 11.9. The summed E-state index contributed by atoms with van der Waals surface area (Å²) in [7, 11) is 0. The number of nitrogens with zero attached hydrogens (tertiary/aromatic N) is 3. The smallest absolute Gasteiger partial charge is 0.134 e. The third kappa shape index (κ3) is 4.16. The van der Waals surface area contributed by atoms with E-state index in [0.29, 0.717) is 11.2 Å². The molecule has 0 spiro atoms. The van der Waals surface area contributed by atoms with Crippen molar-refractivity contribution in [3.8, 4) is 0 Å². The van der Waals surface area contributed by atoms with Crippen molar-refractivity contribution in [2.75, 3.05) is 18.4 Å². The summed E-state index contributed by atoms with van der Waals surface area (Å²) in [5.41, 5.74) is 1.38. The fraction of sp³-hybridized carbons (Fsp3) is 0.375. The van der Waals surface area contributed by atoms with Crippen LogP contribution in [0.4, 0.5) is 5.82 Å². The van der Waals surface area contributed by atoms with Gasteiger partial charge in [-0.15, -0.1) is 0 Å². The highest BCUT2D eigenvalue weighted by atomic mass is 35.5. The van der Waals surface area contributed by atoms with Crippen LogP contribution in [0, 0.1) is 0 Å². The van der Waals surface area contributed by atoms with Crippen molar-refractivity contribution in [2.45, 2.75) is 25.4 Å². The first kappa shape index (κ1) is 14.3. The van der Waals surface area contributed by atoms with Crippen molar-refractivity contribution >= 4 is 17.4 Å².